The summed E-state index contributed by atoms with van der Waals surface area (Å²) >= 11 is 0. The summed E-state index contributed by atoms with van der Waals surface area (Å²) in [7, 11) is 0. The molecule has 0 saturated carbocycles. The second kappa shape index (κ2) is 3.42. The van der Waals surface area contributed by atoms with Crippen molar-refractivity contribution in [3.05, 3.63) is 24.0 Å². The van der Waals surface area contributed by atoms with E-state index in [4.69, 9.17) is 9.84 Å². The number of ether oxygens (including phenoxy) is 1. The van der Waals surface area contributed by atoms with E-state index >= 15 is 0 Å². The zero-order valence-electron chi connectivity index (χ0n) is 8.11. The number of carbonyl (C=O) groups excluding carboxylic acids is 1. The lowest BCUT2D eigenvalue weighted by Crippen LogP contribution is -2.23. The molecule has 0 bridgehead atoms. The van der Waals surface area contributed by atoms with E-state index in [0.29, 0.717) is 12.2 Å². The number of benzene rings is 1. The molecular formula is C10H10FNO3. The molecule has 0 aromatic heterocycles. The van der Waals surface area contributed by atoms with Crippen molar-refractivity contribution in [2.24, 2.45) is 0 Å². The Bertz CT molecular complexity index is 408. The Morgan fingerprint density at radius 3 is 2.87 bits per heavy atom. The average Bonchev–Trinajstić information content (AvgIpc) is 2.50. The third-order valence-electron chi connectivity index (χ3n) is 2.21. The number of hydrogen-bond acceptors (Lipinski definition) is 3. The number of carbonyl (C=O) groups is 1. The van der Waals surface area contributed by atoms with Crippen LogP contribution in [0.5, 0.6) is 5.75 Å². The number of nitrogens with zero attached hydrogens (tertiary/aromatic N) is 1. The van der Waals surface area contributed by atoms with Crippen molar-refractivity contribution in [1.82, 2.24) is 0 Å². The molecule has 4 nitrogen and oxygen atoms in total. The van der Waals surface area contributed by atoms with E-state index in [1.807, 2.05) is 0 Å². The number of cyclic esters (lactones) is 1. The molecule has 1 heterocycles. The lowest BCUT2D eigenvalue weighted by atomic mass is 10.2. The number of halogens is 1. The number of anilines is 1. The maximum Gasteiger partial charge on any atom is 0.414 e. The summed E-state index contributed by atoms with van der Waals surface area (Å²) in [5.74, 6) is -1.18. The average molecular weight is 211 g/mol. The van der Waals surface area contributed by atoms with Crippen LogP contribution in [0.2, 0.25) is 0 Å². The Balaban J connectivity index is 2.30. The zero-order valence-corrected chi connectivity index (χ0v) is 8.11. The van der Waals surface area contributed by atoms with Crippen LogP contribution in [-0.4, -0.2) is 23.8 Å². The van der Waals surface area contributed by atoms with Gasteiger partial charge in [-0.2, -0.15) is 0 Å². The Kier molecular flexibility index (Phi) is 2.22. The summed E-state index contributed by atoms with van der Waals surface area (Å²) in [5.41, 5.74) is 0.389. The van der Waals surface area contributed by atoms with Gasteiger partial charge in [0.05, 0.1) is 12.2 Å². The molecule has 0 spiro atoms. The smallest absolute Gasteiger partial charge is 0.414 e. The monoisotopic (exact) mass is 211 g/mol. The minimum Gasteiger partial charge on any atom is -0.505 e. The Morgan fingerprint density at radius 1 is 1.60 bits per heavy atom. The largest absolute Gasteiger partial charge is 0.505 e. The van der Waals surface area contributed by atoms with Crippen LogP contribution < -0.4 is 4.90 Å². The first kappa shape index (κ1) is 9.76. The second-order valence-electron chi connectivity index (χ2n) is 3.44. The molecule has 1 aromatic rings. The molecule has 1 amide bonds. The fourth-order valence-electron chi connectivity index (χ4n) is 1.48. The van der Waals surface area contributed by atoms with E-state index in [2.05, 4.69) is 0 Å². The fourth-order valence-corrected chi connectivity index (χ4v) is 1.48. The van der Waals surface area contributed by atoms with Gasteiger partial charge >= 0.3 is 6.09 Å². The molecule has 5 heteroatoms. The van der Waals surface area contributed by atoms with E-state index in [9.17, 15) is 9.18 Å². The van der Waals surface area contributed by atoms with Crippen molar-refractivity contribution >= 4 is 11.8 Å². The van der Waals surface area contributed by atoms with E-state index in [0.717, 1.165) is 6.07 Å². The van der Waals surface area contributed by atoms with Gasteiger partial charge in [-0.05, 0) is 19.1 Å². The lowest BCUT2D eigenvalue weighted by molar-refractivity contribution is 0.150. The number of aromatic hydroxyl groups is 1. The summed E-state index contributed by atoms with van der Waals surface area (Å²) in [6.45, 7) is 2.15. The predicted octanol–water partition coefficient (Wildman–Crippen LogP) is 1.88. The normalized spacial score (nSPS) is 20.5. The molecule has 15 heavy (non-hydrogen) atoms. The van der Waals surface area contributed by atoms with Crippen molar-refractivity contribution in [2.75, 3.05) is 11.4 Å². The van der Waals surface area contributed by atoms with Crippen molar-refractivity contribution in [3.63, 3.8) is 0 Å². The van der Waals surface area contributed by atoms with Gasteiger partial charge in [-0.15, -0.1) is 0 Å². The van der Waals surface area contributed by atoms with Crippen molar-refractivity contribution < 1.29 is 19.0 Å². The van der Waals surface area contributed by atoms with Gasteiger partial charge in [0.1, 0.15) is 6.10 Å². The SMILES string of the molecule is C[C@H]1CN(c2ccc(O)c(F)c2)C(=O)O1. The number of phenols is 1. The van der Waals surface area contributed by atoms with Gasteiger partial charge in [0.15, 0.2) is 11.6 Å². The van der Waals surface area contributed by atoms with Crippen molar-refractivity contribution in [1.29, 1.82) is 0 Å². The number of hydrogen-bond donors (Lipinski definition) is 1. The van der Waals surface area contributed by atoms with E-state index in [-0.39, 0.29) is 6.10 Å². The van der Waals surface area contributed by atoms with Gasteiger partial charge in [-0.3, -0.25) is 4.90 Å². The Morgan fingerprint density at radius 2 is 2.33 bits per heavy atom. The quantitative estimate of drug-likeness (QED) is 0.771. The summed E-state index contributed by atoms with van der Waals surface area (Å²) in [6, 6.07) is 3.78. The highest BCUT2D eigenvalue weighted by Crippen LogP contribution is 2.25. The molecule has 1 aliphatic rings. The van der Waals surface area contributed by atoms with Gasteiger partial charge in [-0.1, -0.05) is 0 Å². The van der Waals surface area contributed by atoms with E-state index in [1.54, 1.807) is 6.92 Å². The molecule has 1 atom stereocenters. The van der Waals surface area contributed by atoms with Crippen LogP contribution in [0.4, 0.5) is 14.9 Å². The standard InChI is InChI=1S/C10H10FNO3/c1-6-5-12(10(14)15-6)7-2-3-9(13)8(11)4-7/h2-4,6,13H,5H2,1H3/t6-/m0/s1. The van der Waals surface area contributed by atoms with Crippen LogP contribution in [-0.2, 0) is 4.74 Å². The molecule has 80 valence electrons. The van der Waals surface area contributed by atoms with Gasteiger partial charge < -0.3 is 9.84 Å². The lowest BCUT2D eigenvalue weighted by Gasteiger charge is -2.12. The number of amides is 1. The maximum atomic E-state index is 13.0. The van der Waals surface area contributed by atoms with Crippen molar-refractivity contribution in [3.8, 4) is 5.75 Å². The summed E-state index contributed by atoms with van der Waals surface area (Å²) < 4.78 is 17.9. The third kappa shape index (κ3) is 1.72. The second-order valence-corrected chi connectivity index (χ2v) is 3.44. The molecule has 2 rings (SSSR count). The molecule has 1 aliphatic heterocycles. The number of rotatable bonds is 1. The van der Waals surface area contributed by atoms with Crippen LogP contribution in [0.1, 0.15) is 6.92 Å². The highest BCUT2D eigenvalue weighted by molar-refractivity contribution is 5.89. The first-order valence-electron chi connectivity index (χ1n) is 4.54. The van der Waals surface area contributed by atoms with Gasteiger partial charge in [0, 0.05) is 6.07 Å². The minimum atomic E-state index is -0.750. The van der Waals surface area contributed by atoms with E-state index in [1.165, 1.54) is 17.0 Å². The first-order valence-corrected chi connectivity index (χ1v) is 4.54. The molecule has 0 aliphatic carbocycles. The summed E-state index contributed by atoms with van der Waals surface area (Å²) in [5, 5.41) is 8.99. The van der Waals surface area contributed by atoms with Gasteiger partial charge in [0.25, 0.3) is 0 Å². The molecule has 0 unspecified atom stereocenters. The van der Waals surface area contributed by atoms with Crippen LogP contribution in [0.3, 0.4) is 0 Å². The summed E-state index contributed by atoms with van der Waals surface area (Å²) in [6.07, 6.45) is -0.693. The minimum absolute atomic E-state index is 0.200. The fraction of sp³-hybridized carbons (Fsp3) is 0.300. The molecule has 1 aromatic carbocycles. The predicted molar refractivity (Wildman–Crippen MR) is 51.4 cm³/mol. The van der Waals surface area contributed by atoms with Crippen LogP contribution in [0.25, 0.3) is 0 Å². The van der Waals surface area contributed by atoms with Crippen LogP contribution >= 0.6 is 0 Å². The van der Waals surface area contributed by atoms with Crippen LogP contribution in [0.15, 0.2) is 18.2 Å². The highest BCUT2D eigenvalue weighted by Gasteiger charge is 2.29. The molecule has 1 N–H and O–H groups in total. The first-order chi connectivity index (χ1) is 7.08. The highest BCUT2D eigenvalue weighted by atomic mass is 19.1. The molecule has 1 fully saturated rings. The molecular weight excluding hydrogens is 201 g/mol. The van der Waals surface area contributed by atoms with E-state index < -0.39 is 17.7 Å². The van der Waals surface area contributed by atoms with Crippen LogP contribution in [0, 0.1) is 5.82 Å². The Labute approximate surface area is 85.9 Å². The summed E-state index contributed by atoms with van der Waals surface area (Å²) in [4.78, 5) is 12.6. The van der Waals surface area contributed by atoms with Crippen molar-refractivity contribution in [2.45, 2.75) is 13.0 Å². The zero-order chi connectivity index (χ0) is 11.0. The maximum absolute atomic E-state index is 13.0. The van der Waals surface area contributed by atoms with Gasteiger partial charge in [0.2, 0.25) is 0 Å². The molecule has 0 radical (unpaired) electrons. The number of phenolic OH excluding ortho intramolecular Hbond substituents is 1. The Hall–Kier alpha value is -1.78. The third-order valence-corrected chi connectivity index (χ3v) is 2.21. The topological polar surface area (TPSA) is 49.8 Å². The van der Waals surface area contributed by atoms with Gasteiger partial charge in [-0.25, -0.2) is 9.18 Å². The molecule has 1 saturated heterocycles.